The lowest BCUT2D eigenvalue weighted by Gasteiger charge is -2.13. The van der Waals surface area contributed by atoms with Gasteiger partial charge >= 0.3 is 0 Å². The van der Waals surface area contributed by atoms with Crippen LogP contribution in [0.5, 0.6) is 0 Å². The molecule has 1 atom stereocenters. The van der Waals surface area contributed by atoms with Gasteiger partial charge in [0.2, 0.25) is 0 Å². The van der Waals surface area contributed by atoms with Gasteiger partial charge in [-0.3, -0.25) is 9.59 Å². The van der Waals surface area contributed by atoms with Crippen molar-refractivity contribution >= 4 is 11.7 Å². The zero-order chi connectivity index (χ0) is 19.7. The largest absolute Gasteiger partial charge is 0.342 e. The van der Waals surface area contributed by atoms with Gasteiger partial charge in [0.05, 0.1) is 6.04 Å². The van der Waals surface area contributed by atoms with Gasteiger partial charge < -0.3 is 9.88 Å². The molecule has 0 unspecified atom stereocenters. The number of carbonyl (C=O) groups is 2. The van der Waals surface area contributed by atoms with Crippen LogP contribution in [0.4, 0.5) is 0 Å². The highest BCUT2D eigenvalue weighted by atomic mass is 16.1. The quantitative estimate of drug-likeness (QED) is 0.669. The van der Waals surface area contributed by atoms with E-state index in [1.165, 1.54) is 0 Å². The van der Waals surface area contributed by atoms with Gasteiger partial charge in [0.15, 0.2) is 11.6 Å². The lowest BCUT2D eigenvalue weighted by molar-refractivity contribution is 0.0936. The third kappa shape index (κ3) is 3.71. The van der Waals surface area contributed by atoms with Gasteiger partial charge in [0, 0.05) is 24.1 Å². The minimum absolute atomic E-state index is 0.169. The van der Waals surface area contributed by atoms with E-state index in [1.54, 1.807) is 17.0 Å². The molecule has 1 amide bonds. The summed E-state index contributed by atoms with van der Waals surface area (Å²) in [5.41, 5.74) is 3.25. The zero-order valence-corrected chi connectivity index (χ0v) is 15.9. The highest BCUT2D eigenvalue weighted by Gasteiger charge is 2.30. The highest BCUT2D eigenvalue weighted by Crippen LogP contribution is 2.33. The summed E-state index contributed by atoms with van der Waals surface area (Å²) in [6.45, 7) is 1.88. The fourth-order valence-corrected chi connectivity index (χ4v) is 3.28. The average Bonchev–Trinajstić information content (AvgIpc) is 3.48. The fraction of sp³-hybridized carbons (Fsp3) is 0.273. The first-order valence-electron chi connectivity index (χ1n) is 9.42. The summed E-state index contributed by atoms with van der Waals surface area (Å²) in [7, 11) is 1.84. The summed E-state index contributed by atoms with van der Waals surface area (Å²) >= 11 is 0. The maximum Gasteiger partial charge on any atom is 0.251 e. The zero-order valence-electron chi connectivity index (χ0n) is 15.9. The Morgan fingerprint density at radius 1 is 1.07 bits per heavy atom. The first-order chi connectivity index (χ1) is 13.5. The number of nitrogens with zero attached hydrogens (tertiary/aromatic N) is 3. The van der Waals surface area contributed by atoms with Crippen molar-refractivity contribution in [2.75, 3.05) is 0 Å². The van der Waals surface area contributed by atoms with E-state index >= 15 is 0 Å². The van der Waals surface area contributed by atoms with Crippen molar-refractivity contribution in [3.05, 3.63) is 71.8 Å². The smallest absolute Gasteiger partial charge is 0.251 e. The predicted molar refractivity (Wildman–Crippen MR) is 106 cm³/mol. The van der Waals surface area contributed by atoms with E-state index in [9.17, 15) is 9.59 Å². The number of rotatable bonds is 6. The van der Waals surface area contributed by atoms with Crippen LogP contribution in [0, 0.1) is 5.92 Å². The Labute approximate surface area is 163 Å². The van der Waals surface area contributed by atoms with Gasteiger partial charge in [-0.15, -0.1) is 10.2 Å². The van der Waals surface area contributed by atoms with Crippen molar-refractivity contribution in [2.24, 2.45) is 13.0 Å². The van der Waals surface area contributed by atoms with E-state index in [-0.39, 0.29) is 23.7 Å². The van der Waals surface area contributed by atoms with Gasteiger partial charge in [-0.25, -0.2) is 0 Å². The molecule has 0 saturated heterocycles. The number of nitrogens with one attached hydrogen (secondary N) is 1. The molecule has 1 fully saturated rings. The van der Waals surface area contributed by atoms with E-state index < -0.39 is 0 Å². The van der Waals surface area contributed by atoms with Gasteiger partial charge in [0.1, 0.15) is 6.33 Å². The monoisotopic (exact) mass is 374 g/mol. The number of amides is 1. The second kappa shape index (κ2) is 7.38. The summed E-state index contributed by atoms with van der Waals surface area (Å²) in [6, 6.07) is 14.8. The number of hydrogen-bond acceptors (Lipinski definition) is 4. The molecule has 6 heteroatoms. The minimum Gasteiger partial charge on any atom is -0.342 e. The second-order valence-corrected chi connectivity index (χ2v) is 7.29. The van der Waals surface area contributed by atoms with E-state index in [0.29, 0.717) is 11.4 Å². The van der Waals surface area contributed by atoms with Crippen molar-refractivity contribution in [3.63, 3.8) is 0 Å². The molecule has 0 bridgehead atoms. The maximum absolute atomic E-state index is 12.7. The Hall–Kier alpha value is -3.28. The molecule has 1 aromatic heterocycles. The van der Waals surface area contributed by atoms with Crippen LogP contribution in [0.25, 0.3) is 11.1 Å². The molecule has 0 aliphatic heterocycles. The van der Waals surface area contributed by atoms with Crippen LogP contribution in [0.1, 0.15) is 52.3 Å². The Bertz CT molecular complexity index is 1020. The number of benzene rings is 2. The molecular formula is C22H22N4O2. The normalized spacial score (nSPS) is 14.5. The average molecular weight is 374 g/mol. The van der Waals surface area contributed by atoms with Crippen LogP contribution in [0.2, 0.25) is 0 Å². The highest BCUT2D eigenvalue weighted by molar-refractivity contribution is 5.99. The molecule has 1 saturated carbocycles. The number of aromatic nitrogens is 3. The van der Waals surface area contributed by atoms with Crippen LogP contribution in [0.3, 0.4) is 0 Å². The number of hydrogen-bond donors (Lipinski definition) is 1. The number of carbonyl (C=O) groups excluding carboxylic acids is 2. The number of Topliss-reactive ketones (excluding diaryl/α,β-unsaturated/α-hetero) is 1. The van der Waals surface area contributed by atoms with E-state index in [2.05, 4.69) is 15.5 Å². The number of ketones is 1. The van der Waals surface area contributed by atoms with Crippen LogP contribution in [0.15, 0.2) is 54.9 Å². The van der Waals surface area contributed by atoms with Crippen molar-refractivity contribution in [3.8, 4) is 11.1 Å². The molecule has 0 spiro atoms. The topological polar surface area (TPSA) is 76.9 Å². The first kappa shape index (κ1) is 18.1. The first-order valence-corrected chi connectivity index (χ1v) is 9.42. The standard InChI is InChI=1S/C22H22N4O2/c1-14(21-25-23-13-26(21)2)24-22(28)19-5-3-4-18(12-19)15-6-8-16(9-7-15)20(27)17-10-11-17/h3-9,12-14,17H,10-11H2,1-2H3,(H,24,28)/t14-/m1/s1. The molecule has 0 radical (unpaired) electrons. The Kier molecular flexibility index (Phi) is 4.77. The molecule has 6 nitrogen and oxygen atoms in total. The van der Waals surface area contributed by atoms with Gasteiger partial charge in [-0.2, -0.15) is 0 Å². The lowest BCUT2D eigenvalue weighted by atomic mass is 9.99. The molecule has 2 aromatic carbocycles. The van der Waals surface area contributed by atoms with Crippen molar-refractivity contribution in [1.82, 2.24) is 20.1 Å². The predicted octanol–water partition coefficient (Wildman–Crippen LogP) is 3.57. The van der Waals surface area contributed by atoms with E-state index in [0.717, 1.165) is 29.5 Å². The van der Waals surface area contributed by atoms with Gasteiger partial charge in [-0.05, 0) is 43.0 Å². The van der Waals surface area contributed by atoms with Crippen LogP contribution >= 0.6 is 0 Å². The molecule has 1 N–H and O–H groups in total. The van der Waals surface area contributed by atoms with Crippen LogP contribution in [-0.4, -0.2) is 26.5 Å². The second-order valence-electron chi connectivity index (χ2n) is 7.29. The van der Waals surface area contributed by atoms with Crippen molar-refractivity contribution in [2.45, 2.75) is 25.8 Å². The molecule has 1 heterocycles. The molecule has 1 aliphatic rings. The van der Waals surface area contributed by atoms with Crippen LogP contribution in [-0.2, 0) is 7.05 Å². The Balaban J connectivity index is 1.50. The maximum atomic E-state index is 12.7. The molecule has 142 valence electrons. The Morgan fingerprint density at radius 2 is 1.82 bits per heavy atom. The van der Waals surface area contributed by atoms with E-state index in [4.69, 9.17) is 0 Å². The van der Waals surface area contributed by atoms with Gasteiger partial charge in [-0.1, -0.05) is 36.4 Å². The minimum atomic E-state index is -0.253. The summed E-state index contributed by atoms with van der Waals surface area (Å²) in [5.74, 6) is 0.976. The number of aryl methyl sites for hydroxylation is 1. The van der Waals surface area contributed by atoms with Gasteiger partial charge in [0.25, 0.3) is 5.91 Å². The molecule has 28 heavy (non-hydrogen) atoms. The summed E-state index contributed by atoms with van der Waals surface area (Å²) < 4.78 is 1.78. The summed E-state index contributed by atoms with van der Waals surface area (Å²) in [6.07, 6.45) is 3.62. The third-order valence-corrected chi connectivity index (χ3v) is 5.06. The van der Waals surface area contributed by atoms with Crippen molar-refractivity contribution < 1.29 is 9.59 Å². The molecule has 1 aliphatic carbocycles. The SMILES string of the molecule is C[C@@H](NC(=O)c1cccc(-c2ccc(C(=O)C3CC3)cc2)c1)c1nncn1C. The molecular weight excluding hydrogens is 352 g/mol. The van der Waals surface area contributed by atoms with Crippen molar-refractivity contribution in [1.29, 1.82) is 0 Å². The summed E-state index contributed by atoms with van der Waals surface area (Å²) in [5, 5.41) is 10.8. The summed E-state index contributed by atoms with van der Waals surface area (Å²) in [4.78, 5) is 24.8. The lowest BCUT2D eigenvalue weighted by Crippen LogP contribution is -2.28. The van der Waals surface area contributed by atoms with E-state index in [1.807, 2.05) is 56.4 Å². The third-order valence-electron chi connectivity index (χ3n) is 5.06. The molecule has 3 aromatic rings. The molecule has 4 rings (SSSR count). The van der Waals surface area contributed by atoms with Crippen LogP contribution < -0.4 is 5.32 Å². The Morgan fingerprint density at radius 3 is 2.46 bits per heavy atom. The fourth-order valence-electron chi connectivity index (χ4n) is 3.28.